The highest BCUT2D eigenvalue weighted by molar-refractivity contribution is 6.09. The van der Waals surface area contributed by atoms with Gasteiger partial charge in [-0.05, 0) is 19.8 Å². The van der Waals surface area contributed by atoms with Gasteiger partial charge in [0.2, 0.25) is 0 Å². The van der Waals surface area contributed by atoms with Crippen molar-refractivity contribution in [3.63, 3.8) is 0 Å². The maximum Gasteiger partial charge on any atom is 0.331 e. The van der Waals surface area contributed by atoms with Gasteiger partial charge in [0.05, 0.1) is 6.04 Å². The molecule has 8 N–H and O–H groups in total. The molecule has 0 heterocycles. The molecule has 0 spiro atoms. The largest absolute Gasteiger partial charge is 0.480 e. The van der Waals surface area contributed by atoms with Gasteiger partial charge < -0.3 is 27.6 Å². The van der Waals surface area contributed by atoms with Crippen LogP contribution in [0, 0.1) is 0 Å². The predicted octanol–water partition coefficient (Wildman–Crippen LogP) is -1.87. The normalized spacial score (nSPS) is 15.7. The number of urea groups is 1. The van der Waals surface area contributed by atoms with E-state index in [9.17, 15) is 14.4 Å². The summed E-state index contributed by atoms with van der Waals surface area (Å²) in [6.07, 6.45) is 0.0905. The Kier molecular flexibility index (Phi) is 5.56. The zero-order chi connectivity index (χ0) is 13.6. The van der Waals surface area contributed by atoms with Crippen LogP contribution in [0.1, 0.15) is 19.8 Å². The third-order valence-corrected chi connectivity index (χ3v) is 2.28. The van der Waals surface area contributed by atoms with Gasteiger partial charge in [0, 0.05) is 6.54 Å². The van der Waals surface area contributed by atoms with E-state index in [4.69, 9.17) is 22.3 Å². The Bertz CT molecular complexity index is 318. The molecule has 98 valence electrons. The maximum absolute atomic E-state index is 11.6. The zero-order valence-electron chi connectivity index (χ0n) is 9.60. The topological polar surface area (TPSA) is 162 Å². The van der Waals surface area contributed by atoms with Gasteiger partial charge >= 0.3 is 12.0 Å². The van der Waals surface area contributed by atoms with Crippen molar-refractivity contribution < 1.29 is 19.5 Å². The molecule has 0 fully saturated rings. The van der Waals surface area contributed by atoms with Gasteiger partial charge in [0.15, 0.2) is 11.3 Å². The van der Waals surface area contributed by atoms with Crippen molar-refractivity contribution in [2.45, 2.75) is 31.3 Å². The molecule has 0 aliphatic heterocycles. The predicted molar refractivity (Wildman–Crippen MR) is 60.0 cm³/mol. The van der Waals surface area contributed by atoms with Gasteiger partial charge in [-0.15, -0.1) is 0 Å². The highest BCUT2D eigenvalue weighted by Crippen LogP contribution is 2.13. The second-order valence-electron chi connectivity index (χ2n) is 3.82. The fraction of sp³-hybridized carbons (Fsp3) is 0.667. The van der Waals surface area contributed by atoms with Crippen LogP contribution in [0.5, 0.6) is 0 Å². The number of carboxylic acid groups (broad SMARTS) is 1. The Labute approximate surface area is 98.5 Å². The lowest BCUT2D eigenvalue weighted by Gasteiger charge is -2.24. The van der Waals surface area contributed by atoms with E-state index in [2.05, 4.69) is 5.32 Å². The quantitative estimate of drug-likeness (QED) is 0.261. The molecule has 0 aromatic rings. The minimum Gasteiger partial charge on any atom is -0.480 e. The van der Waals surface area contributed by atoms with Crippen molar-refractivity contribution in [3.05, 3.63) is 0 Å². The average molecular weight is 246 g/mol. The molecule has 0 aromatic heterocycles. The fourth-order valence-corrected chi connectivity index (χ4v) is 1.32. The molecular formula is C9H18N4O4. The van der Waals surface area contributed by atoms with Crippen molar-refractivity contribution in [2.24, 2.45) is 17.2 Å². The lowest BCUT2D eigenvalue weighted by atomic mass is 9.86. The number of Topliss-reactive ketones (excluding diaryl/α,β-unsaturated/α-hetero) is 1. The van der Waals surface area contributed by atoms with Gasteiger partial charge in [-0.25, -0.2) is 9.59 Å². The summed E-state index contributed by atoms with van der Waals surface area (Å²) in [7, 11) is 0. The van der Waals surface area contributed by atoms with Crippen LogP contribution in [-0.4, -0.2) is 41.0 Å². The van der Waals surface area contributed by atoms with Crippen molar-refractivity contribution in [3.8, 4) is 0 Å². The Morgan fingerprint density at radius 1 is 1.41 bits per heavy atom. The SMILES string of the molecule is CC(N)C(=O)C(N)(CCCNC(N)=O)C(=O)O. The zero-order valence-corrected chi connectivity index (χ0v) is 9.60. The number of amides is 2. The van der Waals surface area contributed by atoms with Crippen LogP contribution in [0.4, 0.5) is 4.79 Å². The Morgan fingerprint density at radius 2 is 1.94 bits per heavy atom. The third kappa shape index (κ3) is 4.37. The lowest BCUT2D eigenvalue weighted by Crippen LogP contribution is -2.59. The second-order valence-corrected chi connectivity index (χ2v) is 3.82. The summed E-state index contributed by atoms with van der Waals surface area (Å²) in [6.45, 7) is 1.52. The van der Waals surface area contributed by atoms with Crippen molar-refractivity contribution >= 4 is 17.8 Å². The van der Waals surface area contributed by atoms with Gasteiger partial charge in [0.1, 0.15) is 0 Å². The maximum atomic E-state index is 11.6. The molecule has 0 rings (SSSR count). The number of carbonyl (C=O) groups is 3. The molecular weight excluding hydrogens is 228 g/mol. The standard InChI is InChI=1S/C9H18N4O4/c1-5(10)6(14)9(12,7(15)16)3-2-4-13-8(11)17/h5H,2-4,10,12H2,1H3,(H,15,16)(H3,11,13,17). The number of aliphatic carboxylic acids is 1. The Hall–Kier alpha value is -1.67. The highest BCUT2D eigenvalue weighted by Gasteiger charge is 2.42. The van der Waals surface area contributed by atoms with E-state index < -0.39 is 29.4 Å². The Balaban J connectivity index is 4.48. The first kappa shape index (κ1) is 15.3. The number of carboxylic acids is 1. The third-order valence-electron chi connectivity index (χ3n) is 2.28. The van der Waals surface area contributed by atoms with E-state index in [1.807, 2.05) is 0 Å². The van der Waals surface area contributed by atoms with E-state index in [-0.39, 0.29) is 19.4 Å². The molecule has 0 saturated heterocycles. The number of rotatable bonds is 7. The van der Waals surface area contributed by atoms with E-state index >= 15 is 0 Å². The number of hydrogen-bond acceptors (Lipinski definition) is 5. The van der Waals surface area contributed by atoms with E-state index in [0.717, 1.165) is 0 Å². The molecule has 8 heteroatoms. The number of nitrogens with one attached hydrogen (secondary N) is 1. The van der Waals surface area contributed by atoms with Crippen LogP contribution in [0.2, 0.25) is 0 Å². The molecule has 0 aromatic carbocycles. The number of nitrogens with two attached hydrogens (primary N) is 3. The van der Waals surface area contributed by atoms with Crippen LogP contribution >= 0.6 is 0 Å². The molecule has 0 aliphatic rings. The van der Waals surface area contributed by atoms with Crippen LogP contribution in [0.3, 0.4) is 0 Å². The molecule has 0 saturated carbocycles. The van der Waals surface area contributed by atoms with Crippen molar-refractivity contribution in [2.75, 3.05) is 6.54 Å². The first-order valence-electron chi connectivity index (χ1n) is 5.07. The molecule has 0 bridgehead atoms. The summed E-state index contributed by atoms with van der Waals surface area (Å²) in [5.74, 6) is -2.18. The molecule has 8 nitrogen and oxygen atoms in total. The lowest BCUT2D eigenvalue weighted by molar-refractivity contribution is -0.149. The van der Waals surface area contributed by atoms with Crippen LogP contribution in [0.25, 0.3) is 0 Å². The summed E-state index contributed by atoms with van der Waals surface area (Å²) >= 11 is 0. The van der Waals surface area contributed by atoms with E-state index in [0.29, 0.717) is 0 Å². The average Bonchev–Trinajstić information content (AvgIpc) is 2.22. The van der Waals surface area contributed by atoms with Crippen molar-refractivity contribution in [1.82, 2.24) is 5.32 Å². The van der Waals surface area contributed by atoms with Gasteiger partial charge in [-0.2, -0.15) is 0 Å². The molecule has 0 radical (unpaired) electrons. The molecule has 2 unspecified atom stereocenters. The van der Waals surface area contributed by atoms with Crippen LogP contribution in [0.15, 0.2) is 0 Å². The Morgan fingerprint density at radius 3 is 2.29 bits per heavy atom. The van der Waals surface area contributed by atoms with Gasteiger partial charge in [-0.3, -0.25) is 4.79 Å². The van der Waals surface area contributed by atoms with Crippen LogP contribution in [-0.2, 0) is 9.59 Å². The number of carbonyl (C=O) groups excluding carboxylic acids is 2. The minimum absolute atomic E-state index is 0.122. The molecule has 2 amide bonds. The molecule has 17 heavy (non-hydrogen) atoms. The van der Waals surface area contributed by atoms with Crippen LogP contribution < -0.4 is 22.5 Å². The van der Waals surface area contributed by atoms with Gasteiger partial charge in [-0.1, -0.05) is 0 Å². The second kappa shape index (κ2) is 6.16. The fourth-order valence-electron chi connectivity index (χ4n) is 1.32. The number of primary amides is 1. The van der Waals surface area contributed by atoms with E-state index in [1.165, 1.54) is 6.92 Å². The first-order chi connectivity index (χ1) is 7.71. The molecule has 0 aliphatic carbocycles. The summed E-state index contributed by atoms with van der Waals surface area (Å²) in [5.41, 5.74) is 13.7. The summed E-state index contributed by atoms with van der Waals surface area (Å²) in [4.78, 5) is 32.9. The number of ketones is 1. The van der Waals surface area contributed by atoms with Crippen molar-refractivity contribution in [1.29, 1.82) is 0 Å². The summed E-state index contributed by atoms with van der Waals surface area (Å²) in [5, 5.41) is 11.2. The number of hydrogen-bond donors (Lipinski definition) is 5. The first-order valence-corrected chi connectivity index (χ1v) is 5.07. The molecule has 2 atom stereocenters. The monoisotopic (exact) mass is 246 g/mol. The van der Waals surface area contributed by atoms with E-state index in [1.54, 1.807) is 0 Å². The summed E-state index contributed by atoms with van der Waals surface area (Å²) in [6, 6.07) is -1.68. The minimum atomic E-state index is -2.02. The smallest absolute Gasteiger partial charge is 0.331 e. The van der Waals surface area contributed by atoms with Gasteiger partial charge in [0.25, 0.3) is 0 Å². The summed E-state index contributed by atoms with van der Waals surface area (Å²) < 4.78 is 0. The highest BCUT2D eigenvalue weighted by atomic mass is 16.4.